The van der Waals surface area contributed by atoms with E-state index < -0.39 is 0 Å². The Morgan fingerprint density at radius 2 is 1.53 bits per heavy atom. The fourth-order valence-corrected chi connectivity index (χ4v) is 1.37. The number of guanidine groups is 1. The minimum atomic E-state index is -0.0290. The highest BCUT2D eigenvalue weighted by molar-refractivity contribution is 5.99. The molecule has 0 unspecified atom stereocenters. The zero-order valence-electron chi connectivity index (χ0n) is 9.28. The van der Waals surface area contributed by atoms with E-state index in [0.717, 1.165) is 11.3 Å². The molecule has 4 nitrogen and oxygen atoms in total. The number of aryl methyl sites for hydroxylation is 2. The van der Waals surface area contributed by atoms with E-state index in [4.69, 9.17) is 11.5 Å². The van der Waals surface area contributed by atoms with Crippen molar-refractivity contribution in [2.45, 2.75) is 20.8 Å². The Bertz CT molecular complexity index is 394. The predicted molar refractivity (Wildman–Crippen MR) is 63.9 cm³/mol. The highest BCUT2D eigenvalue weighted by Gasteiger charge is 1.99. The maximum Gasteiger partial charge on any atom is 0.211 e. The van der Waals surface area contributed by atoms with Crippen LogP contribution in [0.15, 0.2) is 28.4 Å². The second-order valence-corrected chi connectivity index (χ2v) is 3.59. The fourth-order valence-electron chi connectivity index (χ4n) is 1.37. The average molecular weight is 204 g/mol. The molecule has 0 saturated heterocycles. The number of benzene rings is 1. The Hall–Kier alpha value is -1.84. The summed E-state index contributed by atoms with van der Waals surface area (Å²) in [5.41, 5.74) is 14.6. The molecule has 0 amide bonds. The molecule has 0 heterocycles. The highest BCUT2D eigenvalue weighted by Crippen LogP contribution is 2.09. The van der Waals surface area contributed by atoms with E-state index in [1.54, 1.807) is 0 Å². The summed E-state index contributed by atoms with van der Waals surface area (Å²) in [6.07, 6.45) is 0. The van der Waals surface area contributed by atoms with Gasteiger partial charge in [-0.25, -0.2) is 0 Å². The third kappa shape index (κ3) is 3.42. The first-order valence-electron chi connectivity index (χ1n) is 4.71. The summed E-state index contributed by atoms with van der Waals surface area (Å²) in [5, 5.41) is 7.55. The van der Waals surface area contributed by atoms with Gasteiger partial charge in [-0.2, -0.15) is 5.10 Å². The summed E-state index contributed by atoms with van der Waals surface area (Å²) in [6, 6.07) is 6.21. The van der Waals surface area contributed by atoms with Gasteiger partial charge in [0, 0.05) is 0 Å². The Labute approximate surface area is 89.7 Å². The van der Waals surface area contributed by atoms with Gasteiger partial charge >= 0.3 is 0 Å². The van der Waals surface area contributed by atoms with E-state index >= 15 is 0 Å². The lowest BCUT2D eigenvalue weighted by Crippen LogP contribution is -2.22. The van der Waals surface area contributed by atoms with E-state index in [1.807, 2.05) is 32.9 Å². The number of hydrogen-bond acceptors (Lipinski definition) is 2. The molecule has 0 radical (unpaired) electrons. The molecule has 1 aromatic rings. The van der Waals surface area contributed by atoms with Gasteiger partial charge in [-0.1, -0.05) is 29.3 Å². The van der Waals surface area contributed by atoms with Crippen molar-refractivity contribution in [3.05, 3.63) is 34.9 Å². The zero-order chi connectivity index (χ0) is 11.4. The molecule has 0 fully saturated rings. The summed E-state index contributed by atoms with van der Waals surface area (Å²) in [5.74, 6) is -0.0290. The third-order valence-electron chi connectivity index (χ3n) is 1.95. The summed E-state index contributed by atoms with van der Waals surface area (Å²) < 4.78 is 0. The van der Waals surface area contributed by atoms with E-state index in [-0.39, 0.29) is 5.96 Å². The van der Waals surface area contributed by atoms with Crippen molar-refractivity contribution in [2.75, 3.05) is 0 Å². The molecule has 0 aliphatic rings. The molecule has 0 aliphatic carbocycles. The predicted octanol–water partition coefficient (Wildman–Crippen LogP) is 1.30. The van der Waals surface area contributed by atoms with Crippen molar-refractivity contribution < 1.29 is 0 Å². The molecule has 0 bridgehead atoms. The van der Waals surface area contributed by atoms with Gasteiger partial charge in [0.05, 0.1) is 5.71 Å². The first-order chi connectivity index (χ1) is 6.99. The number of nitrogens with two attached hydrogens (primary N) is 2. The maximum atomic E-state index is 5.20. The van der Waals surface area contributed by atoms with Crippen LogP contribution in [-0.4, -0.2) is 11.7 Å². The fraction of sp³-hybridized carbons (Fsp3) is 0.273. The van der Waals surface area contributed by atoms with E-state index in [1.165, 1.54) is 11.1 Å². The Kier molecular flexibility index (Phi) is 3.44. The normalized spacial score (nSPS) is 11.3. The smallest absolute Gasteiger partial charge is 0.211 e. The standard InChI is InChI=1S/C11H16N4/c1-7-4-8(2)6-10(5-7)9(3)14-15-11(12)13/h4-6H,1-3H3,(H4,12,13,15)/b14-9-. The van der Waals surface area contributed by atoms with Crippen LogP contribution < -0.4 is 11.5 Å². The zero-order valence-corrected chi connectivity index (χ0v) is 9.28. The molecule has 1 rings (SSSR count). The van der Waals surface area contributed by atoms with Gasteiger partial charge in [0.15, 0.2) is 0 Å². The van der Waals surface area contributed by atoms with E-state index in [0.29, 0.717) is 0 Å². The van der Waals surface area contributed by atoms with Crippen LogP contribution in [0.5, 0.6) is 0 Å². The van der Waals surface area contributed by atoms with Gasteiger partial charge in [0.25, 0.3) is 0 Å². The third-order valence-corrected chi connectivity index (χ3v) is 1.95. The highest BCUT2D eigenvalue weighted by atomic mass is 15.3. The first kappa shape index (κ1) is 11.2. The Morgan fingerprint density at radius 1 is 1.00 bits per heavy atom. The maximum absolute atomic E-state index is 5.20. The van der Waals surface area contributed by atoms with Crippen LogP contribution >= 0.6 is 0 Å². The molecule has 0 atom stereocenters. The van der Waals surface area contributed by atoms with Crippen molar-refractivity contribution in [3.8, 4) is 0 Å². The molecule has 0 spiro atoms. The molecular weight excluding hydrogens is 188 g/mol. The minimum absolute atomic E-state index is 0.0290. The SMILES string of the molecule is C/C(=N/N=C(N)N)c1cc(C)cc(C)c1. The van der Waals surface area contributed by atoms with Crippen molar-refractivity contribution in [1.29, 1.82) is 0 Å². The Morgan fingerprint density at radius 3 is 2.00 bits per heavy atom. The first-order valence-corrected chi connectivity index (χ1v) is 4.71. The van der Waals surface area contributed by atoms with Gasteiger partial charge < -0.3 is 11.5 Å². The van der Waals surface area contributed by atoms with Crippen LogP contribution in [0.1, 0.15) is 23.6 Å². The van der Waals surface area contributed by atoms with Crippen molar-refractivity contribution >= 4 is 11.7 Å². The molecule has 15 heavy (non-hydrogen) atoms. The van der Waals surface area contributed by atoms with Crippen LogP contribution in [0.2, 0.25) is 0 Å². The van der Waals surface area contributed by atoms with Gasteiger partial charge in [0.1, 0.15) is 0 Å². The minimum Gasteiger partial charge on any atom is -0.369 e. The van der Waals surface area contributed by atoms with E-state index in [9.17, 15) is 0 Å². The summed E-state index contributed by atoms with van der Waals surface area (Å²) in [7, 11) is 0. The molecule has 4 heteroatoms. The van der Waals surface area contributed by atoms with Crippen LogP contribution in [0.4, 0.5) is 0 Å². The van der Waals surface area contributed by atoms with Crippen LogP contribution in [-0.2, 0) is 0 Å². The van der Waals surface area contributed by atoms with Crippen molar-refractivity contribution in [2.24, 2.45) is 21.7 Å². The van der Waals surface area contributed by atoms with E-state index in [2.05, 4.69) is 16.3 Å². The quantitative estimate of drug-likeness (QED) is 0.433. The molecular formula is C11H16N4. The van der Waals surface area contributed by atoms with Gasteiger partial charge in [-0.15, -0.1) is 5.10 Å². The lowest BCUT2D eigenvalue weighted by atomic mass is 10.0. The van der Waals surface area contributed by atoms with Crippen LogP contribution in [0, 0.1) is 13.8 Å². The summed E-state index contributed by atoms with van der Waals surface area (Å²) >= 11 is 0. The van der Waals surface area contributed by atoms with Gasteiger partial charge in [-0.05, 0) is 26.3 Å². The number of nitrogens with zero attached hydrogens (tertiary/aromatic N) is 2. The average Bonchev–Trinajstić information content (AvgIpc) is 2.12. The largest absolute Gasteiger partial charge is 0.369 e. The molecule has 0 saturated carbocycles. The second-order valence-electron chi connectivity index (χ2n) is 3.59. The van der Waals surface area contributed by atoms with Gasteiger partial charge in [-0.3, -0.25) is 0 Å². The van der Waals surface area contributed by atoms with Crippen LogP contribution in [0.25, 0.3) is 0 Å². The number of rotatable bonds is 2. The lowest BCUT2D eigenvalue weighted by molar-refractivity contribution is 1.19. The topological polar surface area (TPSA) is 76.8 Å². The monoisotopic (exact) mass is 204 g/mol. The molecule has 1 aromatic carbocycles. The van der Waals surface area contributed by atoms with Crippen molar-refractivity contribution in [3.63, 3.8) is 0 Å². The second kappa shape index (κ2) is 4.59. The molecule has 0 aromatic heterocycles. The van der Waals surface area contributed by atoms with Crippen LogP contribution in [0.3, 0.4) is 0 Å². The molecule has 80 valence electrons. The summed E-state index contributed by atoms with van der Waals surface area (Å²) in [6.45, 7) is 5.97. The summed E-state index contributed by atoms with van der Waals surface area (Å²) in [4.78, 5) is 0. The van der Waals surface area contributed by atoms with Gasteiger partial charge in [0.2, 0.25) is 5.96 Å². The van der Waals surface area contributed by atoms with Crippen molar-refractivity contribution in [1.82, 2.24) is 0 Å². The molecule has 4 N–H and O–H groups in total. The molecule has 0 aliphatic heterocycles. The number of hydrogen-bond donors (Lipinski definition) is 2. The Balaban J connectivity index is 3.06. The lowest BCUT2D eigenvalue weighted by Gasteiger charge is -2.03.